The average Bonchev–Trinajstić information content (AvgIpc) is 2.61. The fourth-order valence-corrected chi connectivity index (χ4v) is 3.10. The molecule has 1 aromatic heterocycles. The summed E-state index contributed by atoms with van der Waals surface area (Å²) >= 11 is 0. The van der Waals surface area contributed by atoms with E-state index in [0.29, 0.717) is 18.8 Å². The maximum atomic E-state index is 12.0. The molecule has 0 atom stereocenters. The van der Waals surface area contributed by atoms with Gasteiger partial charge in [0.2, 0.25) is 21.8 Å². The number of sulfonamides is 1. The molecule has 4 N–H and O–H groups in total. The molecular formula is C19H25N5O4S. The number of carbonyl (C=O) groups is 2. The van der Waals surface area contributed by atoms with Crippen LogP contribution in [-0.4, -0.2) is 56.8 Å². The fourth-order valence-electron chi connectivity index (χ4n) is 2.59. The van der Waals surface area contributed by atoms with Crippen molar-refractivity contribution in [2.75, 3.05) is 32.0 Å². The van der Waals surface area contributed by atoms with E-state index in [9.17, 15) is 18.0 Å². The molecule has 2 amide bonds. The lowest BCUT2D eigenvalue weighted by atomic mass is 10.1. The number of nitrogens with one attached hydrogen (secondary N) is 2. The molecule has 0 fully saturated rings. The number of nitrogens with zero attached hydrogens (tertiary/aromatic N) is 2. The smallest absolute Gasteiger partial charge is 0.239 e. The summed E-state index contributed by atoms with van der Waals surface area (Å²) in [5, 5.41) is 10.5. The predicted molar refractivity (Wildman–Crippen MR) is 110 cm³/mol. The second-order valence-corrected chi connectivity index (χ2v) is 8.24. The lowest BCUT2D eigenvalue weighted by Crippen LogP contribution is -2.39. The third kappa shape index (κ3) is 7.98. The Hall–Kier alpha value is -2.82. The minimum absolute atomic E-state index is 0.0473. The Morgan fingerprint density at radius 1 is 1.07 bits per heavy atom. The molecule has 1 aromatic carbocycles. The van der Waals surface area contributed by atoms with Crippen molar-refractivity contribution in [3.8, 4) is 0 Å². The summed E-state index contributed by atoms with van der Waals surface area (Å²) in [6, 6.07) is 11.5. The topological polar surface area (TPSA) is 134 Å². The Morgan fingerprint density at radius 2 is 1.72 bits per heavy atom. The van der Waals surface area contributed by atoms with Crippen LogP contribution in [0.25, 0.3) is 0 Å². The van der Waals surface area contributed by atoms with E-state index in [-0.39, 0.29) is 29.8 Å². The van der Waals surface area contributed by atoms with E-state index in [1.165, 1.54) is 12.1 Å². The van der Waals surface area contributed by atoms with E-state index >= 15 is 0 Å². The molecule has 0 saturated heterocycles. The highest BCUT2D eigenvalue weighted by Gasteiger charge is 2.11. The third-order valence-electron chi connectivity index (χ3n) is 3.97. The number of benzene rings is 1. The maximum Gasteiger partial charge on any atom is 0.239 e. The number of amides is 2. The van der Waals surface area contributed by atoms with Gasteiger partial charge in [0.1, 0.15) is 5.82 Å². The summed E-state index contributed by atoms with van der Waals surface area (Å²) in [5.74, 6) is 0.00443. The summed E-state index contributed by atoms with van der Waals surface area (Å²) in [4.78, 5) is 29.9. The highest BCUT2D eigenvalue weighted by Crippen LogP contribution is 2.09. The monoisotopic (exact) mass is 419 g/mol. The van der Waals surface area contributed by atoms with Gasteiger partial charge in [0, 0.05) is 12.2 Å². The number of hydrogen-bond donors (Lipinski definition) is 3. The quantitative estimate of drug-likeness (QED) is 0.534. The van der Waals surface area contributed by atoms with Gasteiger partial charge in [0.15, 0.2) is 0 Å². The highest BCUT2D eigenvalue weighted by molar-refractivity contribution is 7.89. The Balaban J connectivity index is 1.71. The van der Waals surface area contributed by atoms with Gasteiger partial charge in [0.05, 0.1) is 18.0 Å². The van der Waals surface area contributed by atoms with Crippen LogP contribution in [0.15, 0.2) is 47.4 Å². The van der Waals surface area contributed by atoms with Gasteiger partial charge < -0.3 is 10.6 Å². The molecule has 0 aliphatic rings. The first-order chi connectivity index (χ1) is 13.6. The van der Waals surface area contributed by atoms with Crippen LogP contribution in [-0.2, 0) is 26.0 Å². The van der Waals surface area contributed by atoms with Crippen molar-refractivity contribution in [3.63, 3.8) is 0 Å². The molecule has 0 spiro atoms. The standard InChI is InChI=1S/C19H25N5O4S/c1-14-4-3-5-17(22-14)23-19(26)13-24(2)12-18(25)21-11-10-15-6-8-16(9-7-15)29(20,27)28/h3-9H,10-13H2,1-2H3,(H,21,25)(H2,20,27,28)(H,22,23,26). The van der Waals surface area contributed by atoms with Crippen molar-refractivity contribution in [2.24, 2.45) is 5.14 Å². The zero-order chi connectivity index (χ0) is 21.4. The summed E-state index contributed by atoms with van der Waals surface area (Å²) in [5.41, 5.74) is 1.67. The lowest BCUT2D eigenvalue weighted by Gasteiger charge is -2.16. The number of likely N-dealkylation sites (N-methyl/N-ethyl adjacent to an activating group) is 1. The number of carbonyl (C=O) groups excluding carboxylic acids is 2. The molecule has 0 saturated carbocycles. The SMILES string of the molecule is Cc1cccc(NC(=O)CN(C)CC(=O)NCCc2ccc(S(N)(=O)=O)cc2)n1. The number of pyridine rings is 1. The second-order valence-electron chi connectivity index (χ2n) is 6.67. The van der Waals surface area contributed by atoms with Gasteiger partial charge in [0.25, 0.3) is 0 Å². The van der Waals surface area contributed by atoms with Crippen LogP contribution < -0.4 is 15.8 Å². The zero-order valence-electron chi connectivity index (χ0n) is 16.4. The highest BCUT2D eigenvalue weighted by atomic mass is 32.2. The van der Waals surface area contributed by atoms with E-state index in [1.807, 2.05) is 13.0 Å². The van der Waals surface area contributed by atoms with E-state index < -0.39 is 10.0 Å². The molecule has 10 heteroatoms. The summed E-state index contributed by atoms with van der Waals surface area (Å²) in [6.07, 6.45) is 0.542. The summed E-state index contributed by atoms with van der Waals surface area (Å²) < 4.78 is 22.5. The molecule has 0 radical (unpaired) electrons. The summed E-state index contributed by atoms with van der Waals surface area (Å²) in [7, 11) is -2.04. The van der Waals surface area contributed by atoms with Crippen molar-refractivity contribution >= 4 is 27.7 Å². The van der Waals surface area contributed by atoms with Gasteiger partial charge in [-0.1, -0.05) is 18.2 Å². The van der Waals surface area contributed by atoms with Crippen LogP contribution in [0.3, 0.4) is 0 Å². The van der Waals surface area contributed by atoms with Crippen LogP contribution in [0.1, 0.15) is 11.3 Å². The average molecular weight is 420 g/mol. The van der Waals surface area contributed by atoms with Crippen LogP contribution in [0.2, 0.25) is 0 Å². The molecule has 0 unspecified atom stereocenters. The molecule has 156 valence electrons. The van der Waals surface area contributed by atoms with Gasteiger partial charge >= 0.3 is 0 Å². The normalized spacial score (nSPS) is 11.3. The second kappa shape index (κ2) is 10.1. The van der Waals surface area contributed by atoms with Gasteiger partial charge in [-0.3, -0.25) is 14.5 Å². The molecule has 1 heterocycles. The van der Waals surface area contributed by atoms with E-state index in [2.05, 4.69) is 15.6 Å². The van der Waals surface area contributed by atoms with E-state index in [0.717, 1.165) is 11.3 Å². The number of aromatic nitrogens is 1. The molecule has 29 heavy (non-hydrogen) atoms. The van der Waals surface area contributed by atoms with Crippen molar-refractivity contribution in [1.29, 1.82) is 0 Å². The number of hydrogen-bond acceptors (Lipinski definition) is 6. The minimum atomic E-state index is -3.71. The Labute approximate surface area is 170 Å². The molecule has 9 nitrogen and oxygen atoms in total. The minimum Gasteiger partial charge on any atom is -0.355 e. The fraction of sp³-hybridized carbons (Fsp3) is 0.316. The van der Waals surface area contributed by atoms with Crippen LogP contribution in [0, 0.1) is 6.92 Å². The lowest BCUT2D eigenvalue weighted by molar-refractivity contribution is -0.122. The first-order valence-corrected chi connectivity index (χ1v) is 10.5. The number of nitrogens with two attached hydrogens (primary N) is 1. The molecule has 0 aliphatic heterocycles. The van der Waals surface area contributed by atoms with Gasteiger partial charge in [-0.15, -0.1) is 0 Å². The van der Waals surface area contributed by atoms with Crippen molar-refractivity contribution in [1.82, 2.24) is 15.2 Å². The number of rotatable bonds is 9. The van der Waals surface area contributed by atoms with Gasteiger partial charge in [-0.2, -0.15) is 0 Å². The van der Waals surface area contributed by atoms with E-state index in [1.54, 1.807) is 36.2 Å². The number of primary sulfonamides is 1. The zero-order valence-corrected chi connectivity index (χ0v) is 17.2. The van der Waals surface area contributed by atoms with E-state index in [4.69, 9.17) is 5.14 Å². The van der Waals surface area contributed by atoms with Crippen molar-refractivity contribution in [3.05, 3.63) is 53.7 Å². The molecule has 2 aromatic rings. The van der Waals surface area contributed by atoms with Gasteiger partial charge in [-0.25, -0.2) is 18.5 Å². The van der Waals surface area contributed by atoms with Crippen LogP contribution in [0.5, 0.6) is 0 Å². The van der Waals surface area contributed by atoms with Crippen molar-refractivity contribution in [2.45, 2.75) is 18.2 Å². The number of aryl methyl sites for hydroxylation is 1. The molecule has 2 rings (SSSR count). The van der Waals surface area contributed by atoms with Gasteiger partial charge in [-0.05, 0) is 50.2 Å². The predicted octanol–water partition coefficient (Wildman–Crippen LogP) is 0.267. The first kappa shape index (κ1) is 22.5. The molecule has 0 aliphatic carbocycles. The van der Waals surface area contributed by atoms with Crippen molar-refractivity contribution < 1.29 is 18.0 Å². The third-order valence-corrected chi connectivity index (χ3v) is 4.90. The number of anilines is 1. The van der Waals surface area contributed by atoms with Crippen LogP contribution >= 0.6 is 0 Å². The molecule has 0 bridgehead atoms. The Kier molecular flexibility index (Phi) is 7.82. The molecular weight excluding hydrogens is 394 g/mol. The largest absolute Gasteiger partial charge is 0.355 e. The first-order valence-electron chi connectivity index (χ1n) is 8.94. The summed E-state index contributed by atoms with van der Waals surface area (Å²) in [6.45, 7) is 2.35. The Morgan fingerprint density at radius 3 is 2.34 bits per heavy atom. The van der Waals surface area contributed by atoms with Crippen LogP contribution in [0.4, 0.5) is 5.82 Å². The Bertz CT molecular complexity index is 961. The maximum absolute atomic E-state index is 12.0.